The van der Waals surface area contributed by atoms with Gasteiger partial charge in [-0.25, -0.2) is 13.2 Å². The molecular formula is C12H15N3O5S2. The van der Waals surface area contributed by atoms with Crippen molar-refractivity contribution in [2.24, 2.45) is 0 Å². The van der Waals surface area contributed by atoms with E-state index in [2.05, 4.69) is 10.6 Å². The number of imide groups is 1. The lowest BCUT2D eigenvalue weighted by atomic mass is 10.3. The number of hydrogen-bond acceptors (Lipinski definition) is 6. The molecule has 8 nitrogen and oxygen atoms in total. The van der Waals surface area contributed by atoms with Crippen LogP contribution in [0.2, 0.25) is 0 Å². The van der Waals surface area contributed by atoms with E-state index in [-0.39, 0.29) is 17.3 Å². The van der Waals surface area contributed by atoms with Gasteiger partial charge in [0.1, 0.15) is 0 Å². The zero-order chi connectivity index (χ0) is 16.2. The Labute approximate surface area is 131 Å². The number of nitrogens with one attached hydrogen (secondary N) is 2. The topological polar surface area (TPSA) is 119 Å². The van der Waals surface area contributed by atoms with Crippen LogP contribution >= 0.6 is 11.8 Å². The molecule has 1 aliphatic rings. The quantitative estimate of drug-likeness (QED) is 0.428. The van der Waals surface area contributed by atoms with Crippen molar-refractivity contribution < 1.29 is 22.7 Å². The van der Waals surface area contributed by atoms with Crippen LogP contribution < -0.4 is 15.4 Å². The number of nitrogens with zero attached hydrogens (tertiary/aromatic N) is 1. The van der Waals surface area contributed by atoms with Gasteiger partial charge in [0.2, 0.25) is 5.91 Å². The predicted molar refractivity (Wildman–Crippen MR) is 79.9 cm³/mol. The first-order valence-electron chi connectivity index (χ1n) is 6.47. The summed E-state index contributed by atoms with van der Waals surface area (Å²) in [6, 6.07) is 3.61. The summed E-state index contributed by atoms with van der Waals surface area (Å²) in [7, 11) is -3.09. The summed E-state index contributed by atoms with van der Waals surface area (Å²) in [5.41, 5.74) is 0. The second-order valence-electron chi connectivity index (χ2n) is 4.77. The van der Waals surface area contributed by atoms with Crippen molar-refractivity contribution in [2.45, 2.75) is 17.5 Å². The molecule has 22 heavy (non-hydrogen) atoms. The Morgan fingerprint density at radius 2 is 2.18 bits per heavy atom. The lowest BCUT2D eigenvalue weighted by molar-refractivity contribution is -0.645. The lowest BCUT2D eigenvalue weighted by Crippen LogP contribution is -2.45. The van der Waals surface area contributed by atoms with Crippen molar-refractivity contribution in [1.29, 1.82) is 0 Å². The lowest BCUT2D eigenvalue weighted by Gasteiger charge is -2.11. The summed E-state index contributed by atoms with van der Waals surface area (Å²) in [5, 5.41) is 16.3. The minimum absolute atomic E-state index is 0.0409. The van der Waals surface area contributed by atoms with Crippen molar-refractivity contribution in [2.75, 3.05) is 17.3 Å². The maximum Gasteiger partial charge on any atom is 0.321 e. The molecule has 1 atom stereocenters. The molecule has 0 saturated carbocycles. The summed E-state index contributed by atoms with van der Waals surface area (Å²) in [4.78, 5) is 23.2. The van der Waals surface area contributed by atoms with E-state index in [0.29, 0.717) is 16.2 Å². The number of sulfone groups is 1. The monoisotopic (exact) mass is 345 g/mol. The fourth-order valence-electron chi connectivity index (χ4n) is 1.96. The summed E-state index contributed by atoms with van der Waals surface area (Å²) >= 11 is 1.00. The highest BCUT2D eigenvalue weighted by Crippen LogP contribution is 2.12. The molecular weight excluding hydrogens is 330 g/mol. The van der Waals surface area contributed by atoms with E-state index >= 15 is 0 Å². The molecule has 1 saturated heterocycles. The number of urea groups is 1. The average molecular weight is 345 g/mol. The largest absolute Gasteiger partial charge is 0.618 e. The van der Waals surface area contributed by atoms with E-state index < -0.39 is 27.8 Å². The molecule has 0 radical (unpaired) electrons. The zero-order valence-electron chi connectivity index (χ0n) is 11.5. The van der Waals surface area contributed by atoms with Crippen LogP contribution in [0.1, 0.15) is 6.42 Å². The number of amides is 3. The Morgan fingerprint density at radius 1 is 1.41 bits per heavy atom. The number of carbonyl (C=O) groups excluding carboxylic acids is 2. The zero-order valence-corrected chi connectivity index (χ0v) is 13.2. The third-order valence-electron chi connectivity index (χ3n) is 2.96. The van der Waals surface area contributed by atoms with Gasteiger partial charge in [0, 0.05) is 18.2 Å². The first-order valence-corrected chi connectivity index (χ1v) is 9.28. The molecule has 1 aromatic heterocycles. The Hall–Kier alpha value is -1.81. The van der Waals surface area contributed by atoms with Gasteiger partial charge in [-0.05, 0) is 24.2 Å². The van der Waals surface area contributed by atoms with Crippen LogP contribution in [0.4, 0.5) is 4.79 Å². The fraction of sp³-hybridized carbons (Fsp3) is 0.417. The maximum atomic E-state index is 11.6. The number of pyridine rings is 1. The smallest absolute Gasteiger partial charge is 0.321 e. The highest BCUT2D eigenvalue weighted by atomic mass is 32.2. The van der Waals surface area contributed by atoms with Crippen LogP contribution in [0.5, 0.6) is 0 Å². The van der Waals surface area contributed by atoms with Crippen molar-refractivity contribution in [3.8, 4) is 0 Å². The van der Waals surface area contributed by atoms with Gasteiger partial charge < -0.3 is 10.5 Å². The average Bonchev–Trinajstić information content (AvgIpc) is 2.76. The van der Waals surface area contributed by atoms with Gasteiger partial charge in [0.25, 0.3) is 5.03 Å². The Morgan fingerprint density at radius 3 is 2.82 bits per heavy atom. The van der Waals surface area contributed by atoms with Gasteiger partial charge >= 0.3 is 6.03 Å². The van der Waals surface area contributed by atoms with E-state index in [1.54, 1.807) is 18.2 Å². The summed E-state index contributed by atoms with van der Waals surface area (Å²) < 4.78 is 23.2. The van der Waals surface area contributed by atoms with Crippen LogP contribution in [-0.2, 0) is 14.6 Å². The molecule has 0 spiro atoms. The fourth-order valence-corrected chi connectivity index (χ4v) is 4.34. The van der Waals surface area contributed by atoms with Crippen molar-refractivity contribution in [3.05, 3.63) is 29.6 Å². The molecule has 2 rings (SSSR count). The second kappa shape index (κ2) is 6.97. The molecule has 0 unspecified atom stereocenters. The van der Waals surface area contributed by atoms with E-state index in [4.69, 9.17) is 0 Å². The summed E-state index contributed by atoms with van der Waals surface area (Å²) in [5.74, 6) is -0.724. The van der Waals surface area contributed by atoms with Crippen LogP contribution in [0.15, 0.2) is 29.4 Å². The third kappa shape index (κ3) is 4.88. The van der Waals surface area contributed by atoms with Crippen LogP contribution in [-0.4, -0.2) is 43.7 Å². The van der Waals surface area contributed by atoms with Crippen molar-refractivity contribution >= 4 is 33.5 Å². The Bertz CT molecular complexity index is 677. The van der Waals surface area contributed by atoms with Crippen LogP contribution in [0.25, 0.3) is 0 Å². The van der Waals surface area contributed by atoms with Crippen LogP contribution in [0.3, 0.4) is 0 Å². The molecule has 1 aliphatic heterocycles. The standard InChI is InChI=1S/C12H15N3O5S2/c16-10(7-21-11-3-1-2-5-15(11)18)14-12(17)13-9-4-6-22(19,20)8-9/h1-3,5,9H,4,6-8H2,(H2,13,14,16,17)/t9-/m0/s1. The molecule has 2 N–H and O–H groups in total. The molecule has 1 fully saturated rings. The summed E-state index contributed by atoms with van der Waals surface area (Å²) in [6.45, 7) is 0. The molecule has 3 amide bonds. The number of aromatic nitrogens is 1. The van der Waals surface area contributed by atoms with Crippen molar-refractivity contribution in [3.63, 3.8) is 0 Å². The molecule has 0 aliphatic carbocycles. The van der Waals surface area contributed by atoms with E-state index in [0.717, 1.165) is 11.8 Å². The SMILES string of the molecule is O=C(CSc1cccc[n+]1[O-])NC(=O)N[C@H]1CCS(=O)(=O)C1. The number of thioether (sulfide) groups is 1. The first kappa shape index (κ1) is 16.6. The molecule has 0 aromatic carbocycles. The second-order valence-corrected chi connectivity index (χ2v) is 8.00. The van der Waals surface area contributed by atoms with Gasteiger partial charge in [0.05, 0.1) is 17.3 Å². The normalized spacial score (nSPS) is 19.5. The Kier molecular flexibility index (Phi) is 5.24. The Balaban J connectivity index is 1.75. The van der Waals surface area contributed by atoms with Gasteiger partial charge in [-0.2, -0.15) is 4.73 Å². The number of rotatable bonds is 4. The minimum Gasteiger partial charge on any atom is -0.618 e. The highest BCUT2D eigenvalue weighted by Gasteiger charge is 2.29. The van der Waals surface area contributed by atoms with E-state index in [1.807, 2.05) is 0 Å². The van der Waals surface area contributed by atoms with Gasteiger partial charge in [-0.15, -0.1) is 0 Å². The third-order valence-corrected chi connectivity index (χ3v) is 5.75. The number of hydrogen-bond donors (Lipinski definition) is 2. The molecule has 0 bridgehead atoms. The van der Waals surface area contributed by atoms with Crippen LogP contribution in [0, 0.1) is 5.21 Å². The summed E-state index contributed by atoms with van der Waals surface area (Å²) in [6.07, 6.45) is 1.66. The van der Waals surface area contributed by atoms with Gasteiger partial charge in [-0.3, -0.25) is 10.1 Å². The van der Waals surface area contributed by atoms with E-state index in [9.17, 15) is 23.2 Å². The minimum atomic E-state index is -3.09. The molecule has 10 heteroatoms. The van der Waals surface area contributed by atoms with E-state index in [1.165, 1.54) is 6.20 Å². The van der Waals surface area contributed by atoms with Gasteiger partial charge in [-0.1, -0.05) is 0 Å². The van der Waals surface area contributed by atoms with Gasteiger partial charge in [0.15, 0.2) is 16.0 Å². The predicted octanol–water partition coefficient (Wildman–Crippen LogP) is -0.575. The molecule has 120 valence electrons. The van der Waals surface area contributed by atoms with Crippen molar-refractivity contribution in [1.82, 2.24) is 10.6 Å². The molecule has 2 heterocycles. The maximum absolute atomic E-state index is 11.6. The highest BCUT2D eigenvalue weighted by molar-refractivity contribution is 7.99. The molecule has 1 aromatic rings. The number of carbonyl (C=O) groups is 2. The first-order chi connectivity index (χ1) is 10.4.